The van der Waals surface area contributed by atoms with Crippen LogP contribution >= 0.6 is 0 Å². The van der Waals surface area contributed by atoms with Gasteiger partial charge < -0.3 is 14.0 Å². The molecular weight excluding hydrogens is 392 g/mol. The van der Waals surface area contributed by atoms with E-state index in [1.807, 2.05) is 16.7 Å². The van der Waals surface area contributed by atoms with Crippen molar-refractivity contribution in [3.8, 4) is 5.75 Å². The lowest BCUT2D eigenvalue weighted by Gasteiger charge is -2.17. The molecule has 8 nitrogen and oxygen atoms in total. The number of methoxy groups -OCH3 is 2. The minimum absolute atomic E-state index is 0.00841. The Labute approximate surface area is 170 Å². The fraction of sp³-hybridized carbons (Fsp3) is 0.400. The number of sulfonamides is 1. The van der Waals surface area contributed by atoms with E-state index < -0.39 is 10.0 Å². The lowest BCUT2D eigenvalue weighted by molar-refractivity contribution is 0.187. The maximum atomic E-state index is 13.1. The number of hydrogen-bond donors (Lipinski definition) is 0. The summed E-state index contributed by atoms with van der Waals surface area (Å²) in [5.41, 5.74) is 1.62. The fourth-order valence-electron chi connectivity index (χ4n) is 3.74. The molecule has 1 fully saturated rings. The molecule has 1 atom stereocenters. The van der Waals surface area contributed by atoms with E-state index in [0.717, 1.165) is 17.0 Å². The first kappa shape index (κ1) is 19.8. The molecule has 3 heterocycles. The molecule has 0 spiro atoms. The van der Waals surface area contributed by atoms with E-state index in [9.17, 15) is 8.42 Å². The standard InChI is InChI=1S/C20H24N4O4S/c1-27-13-12-24-19(22-18-4-3-10-21-20(18)24)15-9-11-23(14-15)29(25,26)17-7-5-16(28-2)6-8-17/h3-8,10,15H,9,11-14H2,1-2H3/t15-/m1/s1. The van der Waals surface area contributed by atoms with E-state index in [-0.39, 0.29) is 10.8 Å². The van der Waals surface area contributed by atoms with Crippen LogP contribution in [-0.2, 0) is 21.3 Å². The van der Waals surface area contributed by atoms with Crippen LogP contribution < -0.4 is 4.74 Å². The number of pyridine rings is 1. The zero-order chi connectivity index (χ0) is 20.4. The van der Waals surface area contributed by atoms with Gasteiger partial charge in [-0.15, -0.1) is 0 Å². The van der Waals surface area contributed by atoms with Crippen LogP contribution in [0.15, 0.2) is 47.5 Å². The van der Waals surface area contributed by atoms with E-state index in [1.165, 1.54) is 4.31 Å². The lowest BCUT2D eigenvalue weighted by atomic mass is 10.1. The molecule has 2 aromatic heterocycles. The molecule has 1 aromatic carbocycles. The monoisotopic (exact) mass is 416 g/mol. The van der Waals surface area contributed by atoms with Crippen LogP contribution in [0.1, 0.15) is 18.2 Å². The molecule has 0 N–H and O–H groups in total. The second kappa shape index (κ2) is 8.10. The third kappa shape index (κ3) is 3.73. The summed E-state index contributed by atoms with van der Waals surface area (Å²) in [4.78, 5) is 9.50. The number of hydrogen-bond acceptors (Lipinski definition) is 6. The average Bonchev–Trinajstić information content (AvgIpc) is 3.37. The smallest absolute Gasteiger partial charge is 0.243 e. The summed E-state index contributed by atoms with van der Waals surface area (Å²) in [6.45, 7) is 2.02. The summed E-state index contributed by atoms with van der Waals surface area (Å²) in [5, 5.41) is 0. The summed E-state index contributed by atoms with van der Waals surface area (Å²) < 4.78 is 40.1. The predicted molar refractivity (Wildman–Crippen MR) is 109 cm³/mol. The van der Waals surface area contributed by atoms with Crippen LogP contribution in [0.5, 0.6) is 5.75 Å². The fourth-order valence-corrected chi connectivity index (χ4v) is 5.24. The molecule has 0 amide bonds. The molecule has 1 aliphatic heterocycles. The average molecular weight is 417 g/mol. The molecule has 154 valence electrons. The SMILES string of the molecule is COCCn1c([C@@H]2CCN(S(=O)(=O)c3ccc(OC)cc3)C2)nc2cccnc21. The first-order valence-electron chi connectivity index (χ1n) is 9.49. The van der Waals surface area contributed by atoms with Crippen molar-refractivity contribution in [2.24, 2.45) is 0 Å². The Morgan fingerprint density at radius 2 is 1.97 bits per heavy atom. The van der Waals surface area contributed by atoms with Crippen LogP contribution in [0.4, 0.5) is 0 Å². The molecular formula is C20H24N4O4S. The Morgan fingerprint density at radius 3 is 2.69 bits per heavy atom. The van der Waals surface area contributed by atoms with Gasteiger partial charge in [0.25, 0.3) is 0 Å². The molecule has 0 saturated carbocycles. The number of ether oxygens (including phenoxy) is 2. The van der Waals surface area contributed by atoms with Gasteiger partial charge in [-0.3, -0.25) is 0 Å². The van der Waals surface area contributed by atoms with Crippen LogP contribution in [0.3, 0.4) is 0 Å². The Hall–Kier alpha value is -2.49. The van der Waals surface area contributed by atoms with Crippen molar-refractivity contribution in [3.05, 3.63) is 48.4 Å². The predicted octanol–water partition coefficient (Wildman–Crippen LogP) is 2.26. The first-order chi connectivity index (χ1) is 14.0. The second-order valence-electron chi connectivity index (χ2n) is 6.98. The van der Waals surface area contributed by atoms with Crippen molar-refractivity contribution in [2.45, 2.75) is 23.8 Å². The van der Waals surface area contributed by atoms with Gasteiger partial charge in [-0.25, -0.2) is 18.4 Å². The number of benzene rings is 1. The van der Waals surface area contributed by atoms with Crippen molar-refractivity contribution in [1.29, 1.82) is 0 Å². The van der Waals surface area contributed by atoms with Gasteiger partial charge in [-0.1, -0.05) is 0 Å². The zero-order valence-electron chi connectivity index (χ0n) is 16.5. The third-order valence-electron chi connectivity index (χ3n) is 5.27. The lowest BCUT2D eigenvalue weighted by Crippen LogP contribution is -2.29. The van der Waals surface area contributed by atoms with E-state index in [1.54, 1.807) is 44.7 Å². The van der Waals surface area contributed by atoms with Crippen molar-refractivity contribution >= 4 is 21.2 Å². The van der Waals surface area contributed by atoms with Crippen molar-refractivity contribution in [3.63, 3.8) is 0 Å². The first-order valence-corrected chi connectivity index (χ1v) is 10.9. The highest BCUT2D eigenvalue weighted by Gasteiger charge is 2.35. The second-order valence-corrected chi connectivity index (χ2v) is 8.92. The van der Waals surface area contributed by atoms with E-state index in [0.29, 0.717) is 38.4 Å². The third-order valence-corrected chi connectivity index (χ3v) is 7.15. The molecule has 1 saturated heterocycles. The normalized spacial score (nSPS) is 17.8. The Bertz CT molecular complexity index is 1100. The Kier molecular flexibility index (Phi) is 5.53. The van der Waals surface area contributed by atoms with Gasteiger partial charge in [-0.05, 0) is 42.8 Å². The molecule has 0 bridgehead atoms. The van der Waals surface area contributed by atoms with Crippen LogP contribution in [0, 0.1) is 0 Å². The van der Waals surface area contributed by atoms with E-state index in [4.69, 9.17) is 14.5 Å². The highest BCUT2D eigenvalue weighted by Crippen LogP contribution is 2.32. The molecule has 29 heavy (non-hydrogen) atoms. The topological polar surface area (TPSA) is 86.5 Å². The Balaban J connectivity index is 1.61. The minimum atomic E-state index is -3.56. The maximum absolute atomic E-state index is 13.1. The van der Waals surface area contributed by atoms with Crippen molar-refractivity contribution < 1.29 is 17.9 Å². The molecule has 0 aliphatic carbocycles. The number of nitrogens with zero attached hydrogens (tertiary/aromatic N) is 4. The summed E-state index contributed by atoms with van der Waals surface area (Å²) >= 11 is 0. The largest absolute Gasteiger partial charge is 0.497 e. The van der Waals surface area contributed by atoms with Gasteiger partial charge in [0.15, 0.2) is 5.65 Å². The van der Waals surface area contributed by atoms with Crippen LogP contribution in [0.25, 0.3) is 11.2 Å². The number of fused-ring (bicyclic) bond motifs is 1. The Morgan fingerprint density at radius 1 is 1.17 bits per heavy atom. The highest BCUT2D eigenvalue weighted by atomic mass is 32.2. The van der Waals surface area contributed by atoms with Gasteiger partial charge in [0.2, 0.25) is 10.0 Å². The molecule has 0 unspecified atom stereocenters. The van der Waals surface area contributed by atoms with Crippen molar-refractivity contribution in [1.82, 2.24) is 18.8 Å². The summed E-state index contributed by atoms with van der Waals surface area (Å²) in [5.74, 6) is 1.50. The van der Waals surface area contributed by atoms with Gasteiger partial charge >= 0.3 is 0 Å². The molecule has 4 rings (SSSR count). The van der Waals surface area contributed by atoms with E-state index in [2.05, 4.69) is 4.98 Å². The number of imidazole rings is 1. The summed E-state index contributed by atoms with van der Waals surface area (Å²) in [7, 11) is -0.352. The number of aromatic nitrogens is 3. The number of rotatable bonds is 7. The van der Waals surface area contributed by atoms with Crippen molar-refractivity contribution in [2.75, 3.05) is 33.9 Å². The minimum Gasteiger partial charge on any atom is -0.497 e. The van der Waals surface area contributed by atoms with Gasteiger partial charge in [0.05, 0.1) is 18.6 Å². The van der Waals surface area contributed by atoms with Crippen LogP contribution in [0.2, 0.25) is 0 Å². The highest BCUT2D eigenvalue weighted by molar-refractivity contribution is 7.89. The zero-order valence-corrected chi connectivity index (χ0v) is 17.3. The maximum Gasteiger partial charge on any atom is 0.243 e. The summed E-state index contributed by atoms with van der Waals surface area (Å²) in [6.07, 6.45) is 2.46. The van der Waals surface area contributed by atoms with Gasteiger partial charge in [-0.2, -0.15) is 4.31 Å². The molecule has 0 radical (unpaired) electrons. The molecule has 3 aromatic rings. The van der Waals surface area contributed by atoms with E-state index >= 15 is 0 Å². The van der Waals surface area contributed by atoms with Gasteiger partial charge in [0.1, 0.15) is 17.1 Å². The van der Waals surface area contributed by atoms with Crippen LogP contribution in [-0.4, -0.2) is 61.2 Å². The summed E-state index contributed by atoms with van der Waals surface area (Å²) in [6, 6.07) is 10.3. The van der Waals surface area contributed by atoms with Gasteiger partial charge in [0, 0.05) is 38.9 Å². The molecule has 1 aliphatic rings. The quantitative estimate of drug-likeness (QED) is 0.587. The molecule has 9 heteroatoms.